The van der Waals surface area contributed by atoms with Gasteiger partial charge in [0.15, 0.2) is 0 Å². The molecule has 0 saturated carbocycles. The molecule has 8 nitrogen and oxygen atoms in total. The summed E-state index contributed by atoms with van der Waals surface area (Å²) < 4.78 is 34.1. The Morgan fingerprint density at radius 3 is 2.20 bits per heavy atom. The average Bonchev–Trinajstić information content (AvgIpc) is 2.93. The number of hydrogen-bond donors (Lipinski definition) is 1. The Labute approximate surface area is 248 Å². The lowest BCUT2D eigenvalue weighted by atomic mass is 10.1. The van der Waals surface area contributed by atoms with Gasteiger partial charge in [0.05, 0.1) is 17.7 Å². The van der Waals surface area contributed by atoms with Crippen molar-refractivity contribution in [3.05, 3.63) is 89.4 Å². The number of nitrogens with zero attached hydrogens (tertiary/aromatic N) is 2. The molecule has 0 aliphatic carbocycles. The van der Waals surface area contributed by atoms with Crippen LogP contribution in [0.1, 0.15) is 39.7 Å². The van der Waals surface area contributed by atoms with E-state index in [0.717, 1.165) is 9.87 Å². The number of halogens is 1. The van der Waals surface area contributed by atoms with E-state index in [1.165, 1.54) is 30.2 Å². The molecule has 0 heterocycles. The fraction of sp³-hybridized carbons (Fsp3) is 0.355. The Hall–Kier alpha value is -3.56. The van der Waals surface area contributed by atoms with Gasteiger partial charge in [-0.1, -0.05) is 54.9 Å². The Kier molecular flexibility index (Phi) is 10.8. The molecule has 0 aromatic heterocycles. The van der Waals surface area contributed by atoms with Crippen molar-refractivity contribution in [1.82, 2.24) is 10.2 Å². The van der Waals surface area contributed by atoms with Crippen LogP contribution in [-0.4, -0.2) is 56.9 Å². The molecule has 0 aliphatic heterocycles. The second-order valence-corrected chi connectivity index (χ2v) is 13.0. The molecule has 0 unspecified atom stereocenters. The first-order valence-electron chi connectivity index (χ1n) is 13.4. The summed E-state index contributed by atoms with van der Waals surface area (Å²) >= 11 is 6.23. The summed E-state index contributed by atoms with van der Waals surface area (Å²) in [5.41, 5.74) is 0.717. The first-order valence-corrected chi connectivity index (χ1v) is 15.3. The van der Waals surface area contributed by atoms with Gasteiger partial charge in [0.2, 0.25) is 11.8 Å². The average molecular weight is 600 g/mol. The predicted octanol–water partition coefficient (Wildman–Crippen LogP) is 5.31. The first-order chi connectivity index (χ1) is 19.4. The van der Waals surface area contributed by atoms with Gasteiger partial charge in [-0.15, -0.1) is 0 Å². The van der Waals surface area contributed by atoms with Gasteiger partial charge in [0.1, 0.15) is 18.3 Å². The lowest BCUT2D eigenvalue weighted by Crippen LogP contribution is -2.56. The molecule has 0 aliphatic rings. The van der Waals surface area contributed by atoms with Crippen LogP contribution in [0.3, 0.4) is 0 Å². The molecule has 3 aromatic carbocycles. The largest absolute Gasteiger partial charge is 0.497 e. The smallest absolute Gasteiger partial charge is 0.264 e. The molecule has 0 bridgehead atoms. The number of amides is 2. The van der Waals surface area contributed by atoms with E-state index < -0.39 is 34.1 Å². The summed E-state index contributed by atoms with van der Waals surface area (Å²) in [6.07, 6.45) is 0.846. The van der Waals surface area contributed by atoms with E-state index in [1.54, 1.807) is 30.3 Å². The third-order valence-corrected chi connectivity index (χ3v) is 8.41. The van der Waals surface area contributed by atoms with Gasteiger partial charge in [-0.05, 0) is 81.6 Å². The summed E-state index contributed by atoms with van der Waals surface area (Å²) in [5.74, 6) is -0.306. The number of methoxy groups -OCH3 is 1. The lowest BCUT2D eigenvalue weighted by molar-refractivity contribution is -0.140. The van der Waals surface area contributed by atoms with E-state index in [-0.39, 0.29) is 23.0 Å². The normalized spacial score (nSPS) is 12.3. The molecule has 220 valence electrons. The Bertz CT molecular complexity index is 1420. The van der Waals surface area contributed by atoms with Crippen LogP contribution in [0.25, 0.3) is 0 Å². The highest BCUT2D eigenvalue weighted by Crippen LogP contribution is 2.28. The summed E-state index contributed by atoms with van der Waals surface area (Å²) in [7, 11) is -2.71. The number of sulfonamides is 1. The van der Waals surface area contributed by atoms with Gasteiger partial charge in [-0.2, -0.15) is 0 Å². The standard InChI is InChI=1S/C31H38ClN3O5S/c1-6-28(30(37)33-31(2,3)4)34(20-19-23-11-8-7-9-12-23)29(36)22-35(25-14-10-13-24(32)21-25)41(38,39)27-17-15-26(40-5)16-18-27/h7-18,21,28H,6,19-20,22H2,1-5H3,(H,33,37)/t28-/m1/s1. The van der Waals surface area contributed by atoms with Gasteiger partial charge in [-0.25, -0.2) is 8.42 Å². The third kappa shape index (κ3) is 8.71. The number of anilines is 1. The maximum atomic E-state index is 14.1. The fourth-order valence-electron chi connectivity index (χ4n) is 4.38. The predicted molar refractivity (Wildman–Crippen MR) is 163 cm³/mol. The lowest BCUT2D eigenvalue weighted by Gasteiger charge is -2.34. The number of rotatable bonds is 12. The van der Waals surface area contributed by atoms with Crippen LogP contribution in [-0.2, 0) is 26.0 Å². The highest BCUT2D eigenvalue weighted by atomic mass is 35.5. The van der Waals surface area contributed by atoms with Crippen LogP contribution in [0.15, 0.2) is 83.8 Å². The van der Waals surface area contributed by atoms with Crippen LogP contribution in [0, 0.1) is 0 Å². The molecule has 1 N–H and O–H groups in total. The maximum absolute atomic E-state index is 14.1. The van der Waals surface area contributed by atoms with Crippen molar-refractivity contribution >= 4 is 39.1 Å². The Balaban J connectivity index is 2.02. The van der Waals surface area contributed by atoms with E-state index in [1.807, 2.05) is 58.0 Å². The zero-order chi connectivity index (χ0) is 30.2. The van der Waals surface area contributed by atoms with Crippen molar-refractivity contribution in [2.75, 3.05) is 24.5 Å². The Morgan fingerprint density at radius 1 is 0.976 bits per heavy atom. The van der Waals surface area contributed by atoms with Gasteiger partial charge >= 0.3 is 0 Å². The zero-order valence-electron chi connectivity index (χ0n) is 24.1. The van der Waals surface area contributed by atoms with Gasteiger partial charge in [0.25, 0.3) is 10.0 Å². The molecule has 0 radical (unpaired) electrons. The number of nitrogens with one attached hydrogen (secondary N) is 1. The van der Waals surface area contributed by atoms with Crippen LogP contribution in [0.5, 0.6) is 5.75 Å². The van der Waals surface area contributed by atoms with E-state index in [0.29, 0.717) is 23.6 Å². The summed E-state index contributed by atoms with van der Waals surface area (Å²) in [6.45, 7) is 7.15. The van der Waals surface area contributed by atoms with Crippen LogP contribution in [0.2, 0.25) is 5.02 Å². The van der Waals surface area contributed by atoms with E-state index in [9.17, 15) is 18.0 Å². The Morgan fingerprint density at radius 2 is 1.63 bits per heavy atom. The van der Waals surface area contributed by atoms with Gasteiger partial charge in [-0.3, -0.25) is 13.9 Å². The van der Waals surface area contributed by atoms with Crippen LogP contribution in [0.4, 0.5) is 5.69 Å². The van der Waals surface area contributed by atoms with E-state index in [4.69, 9.17) is 16.3 Å². The minimum atomic E-state index is -4.20. The van der Waals surface area contributed by atoms with E-state index in [2.05, 4.69) is 5.32 Å². The van der Waals surface area contributed by atoms with Crippen LogP contribution < -0.4 is 14.4 Å². The maximum Gasteiger partial charge on any atom is 0.264 e. The molecule has 3 aromatic rings. The van der Waals surface area contributed by atoms with Gasteiger partial charge in [0, 0.05) is 17.1 Å². The second-order valence-electron chi connectivity index (χ2n) is 10.7. The minimum Gasteiger partial charge on any atom is -0.497 e. The molecule has 3 rings (SSSR count). The molecule has 2 amide bonds. The molecular formula is C31H38ClN3O5S. The quantitative estimate of drug-likeness (QED) is 0.304. The number of benzene rings is 3. The molecule has 0 saturated heterocycles. The van der Waals surface area contributed by atoms with Crippen molar-refractivity contribution in [3.8, 4) is 5.75 Å². The van der Waals surface area contributed by atoms with Crippen molar-refractivity contribution in [3.63, 3.8) is 0 Å². The SMILES string of the molecule is CC[C@H](C(=O)NC(C)(C)C)N(CCc1ccccc1)C(=O)CN(c1cccc(Cl)c1)S(=O)(=O)c1ccc(OC)cc1. The fourth-order valence-corrected chi connectivity index (χ4v) is 5.97. The second kappa shape index (κ2) is 13.9. The molecule has 0 spiro atoms. The summed E-state index contributed by atoms with van der Waals surface area (Å²) in [6, 6.07) is 21.1. The molecule has 10 heteroatoms. The number of carbonyl (C=O) groups is 2. The summed E-state index contributed by atoms with van der Waals surface area (Å²) in [5, 5.41) is 3.29. The molecule has 0 fully saturated rings. The molecule has 41 heavy (non-hydrogen) atoms. The first kappa shape index (κ1) is 32.0. The third-order valence-electron chi connectivity index (χ3n) is 6.39. The number of carbonyl (C=O) groups excluding carboxylic acids is 2. The molecular weight excluding hydrogens is 562 g/mol. The number of hydrogen-bond acceptors (Lipinski definition) is 5. The monoisotopic (exact) mass is 599 g/mol. The molecule has 1 atom stereocenters. The van der Waals surface area contributed by atoms with Crippen molar-refractivity contribution in [2.24, 2.45) is 0 Å². The zero-order valence-corrected chi connectivity index (χ0v) is 25.7. The minimum absolute atomic E-state index is 0.0144. The van der Waals surface area contributed by atoms with Crippen LogP contribution >= 0.6 is 11.6 Å². The highest BCUT2D eigenvalue weighted by molar-refractivity contribution is 7.92. The van der Waals surface area contributed by atoms with Crippen molar-refractivity contribution in [2.45, 2.75) is 57.0 Å². The van der Waals surface area contributed by atoms with E-state index >= 15 is 0 Å². The summed E-state index contributed by atoms with van der Waals surface area (Å²) in [4.78, 5) is 28.9. The van der Waals surface area contributed by atoms with Crippen molar-refractivity contribution in [1.29, 1.82) is 0 Å². The van der Waals surface area contributed by atoms with Gasteiger partial charge < -0.3 is 15.0 Å². The number of ether oxygens (including phenoxy) is 1. The topological polar surface area (TPSA) is 96.0 Å². The van der Waals surface area contributed by atoms with Crippen molar-refractivity contribution < 1.29 is 22.7 Å². The highest BCUT2D eigenvalue weighted by Gasteiger charge is 2.34.